The number of nitrogens with zero attached hydrogens (tertiary/aromatic N) is 1. The molecule has 0 saturated heterocycles. The number of nitrogens with one attached hydrogen (secondary N) is 3. The molecular formula is C15H24Cl2N4O2. The van der Waals surface area contributed by atoms with Crippen LogP contribution in [-0.4, -0.2) is 43.9 Å². The average Bonchev–Trinajstić information content (AvgIpc) is 2.48. The van der Waals surface area contributed by atoms with Gasteiger partial charge in [-0.15, -0.1) is 0 Å². The highest BCUT2D eigenvalue weighted by Gasteiger charge is 2.03. The van der Waals surface area contributed by atoms with E-state index in [1.54, 1.807) is 6.07 Å². The van der Waals surface area contributed by atoms with Crippen LogP contribution in [0.3, 0.4) is 0 Å². The second kappa shape index (κ2) is 11.3. The number of carbonyl (C=O) groups is 1. The number of urea groups is 1. The van der Waals surface area contributed by atoms with Crippen molar-refractivity contribution in [1.29, 1.82) is 0 Å². The van der Waals surface area contributed by atoms with Gasteiger partial charge in [-0.3, -0.25) is 0 Å². The Hall–Kier alpha value is -1.24. The number of anilines is 1. The van der Waals surface area contributed by atoms with E-state index in [1.165, 1.54) is 6.20 Å². The van der Waals surface area contributed by atoms with Crippen molar-refractivity contribution in [1.82, 2.24) is 15.6 Å². The molecule has 8 heteroatoms. The number of amides is 2. The fourth-order valence-corrected chi connectivity index (χ4v) is 2.11. The minimum absolute atomic E-state index is 0.203. The normalized spacial score (nSPS) is 10.7. The van der Waals surface area contributed by atoms with Crippen LogP contribution in [0.4, 0.5) is 10.6 Å². The van der Waals surface area contributed by atoms with Crippen molar-refractivity contribution in [3.8, 4) is 0 Å². The summed E-state index contributed by atoms with van der Waals surface area (Å²) in [6.45, 7) is 7.16. The van der Waals surface area contributed by atoms with Crippen LogP contribution < -0.4 is 16.0 Å². The number of aromatic nitrogens is 1. The monoisotopic (exact) mass is 362 g/mol. The van der Waals surface area contributed by atoms with Gasteiger partial charge in [-0.05, 0) is 18.4 Å². The fourth-order valence-electron chi connectivity index (χ4n) is 1.66. The molecule has 0 aliphatic carbocycles. The Morgan fingerprint density at radius 1 is 1.26 bits per heavy atom. The molecule has 0 atom stereocenters. The Bertz CT molecular complexity index is 487. The van der Waals surface area contributed by atoms with Crippen molar-refractivity contribution in [3.63, 3.8) is 0 Å². The first kappa shape index (κ1) is 19.8. The standard InChI is InChI=1S/C15H24Cl2N4O2/c1-11(2)10-23-7-3-4-19-15(22)20-6-5-18-14-13(17)8-12(16)9-21-14/h8-9,11H,3-7,10H2,1-2H3,(H,18,21)(H2,19,20,22). The largest absolute Gasteiger partial charge is 0.381 e. The minimum Gasteiger partial charge on any atom is -0.381 e. The highest BCUT2D eigenvalue weighted by Crippen LogP contribution is 2.21. The number of carbonyl (C=O) groups excluding carboxylic acids is 1. The van der Waals surface area contributed by atoms with E-state index in [2.05, 4.69) is 34.8 Å². The molecule has 2 amide bonds. The second-order valence-corrected chi connectivity index (χ2v) is 6.26. The Morgan fingerprint density at radius 3 is 2.70 bits per heavy atom. The summed E-state index contributed by atoms with van der Waals surface area (Å²) >= 11 is 11.7. The van der Waals surface area contributed by atoms with Gasteiger partial charge < -0.3 is 20.7 Å². The van der Waals surface area contributed by atoms with E-state index in [4.69, 9.17) is 27.9 Å². The molecule has 0 aliphatic heterocycles. The lowest BCUT2D eigenvalue weighted by molar-refractivity contribution is 0.108. The van der Waals surface area contributed by atoms with Gasteiger partial charge in [-0.1, -0.05) is 37.0 Å². The molecule has 0 aromatic carbocycles. The van der Waals surface area contributed by atoms with E-state index in [9.17, 15) is 4.79 Å². The van der Waals surface area contributed by atoms with Gasteiger partial charge in [0, 0.05) is 39.0 Å². The zero-order valence-electron chi connectivity index (χ0n) is 13.5. The Morgan fingerprint density at radius 2 is 2.00 bits per heavy atom. The Balaban J connectivity index is 2.03. The first-order valence-electron chi connectivity index (χ1n) is 7.63. The number of hydrogen-bond acceptors (Lipinski definition) is 4. The van der Waals surface area contributed by atoms with E-state index in [-0.39, 0.29) is 6.03 Å². The third kappa shape index (κ3) is 9.48. The topological polar surface area (TPSA) is 75.3 Å². The summed E-state index contributed by atoms with van der Waals surface area (Å²) in [7, 11) is 0. The summed E-state index contributed by atoms with van der Waals surface area (Å²) in [5, 5.41) is 9.47. The van der Waals surface area contributed by atoms with E-state index in [0.717, 1.165) is 13.0 Å². The molecule has 0 bridgehead atoms. The van der Waals surface area contributed by atoms with Crippen LogP contribution in [0.2, 0.25) is 10.0 Å². The van der Waals surface area contributed by atoms with Crippen molar-refractivity contribution < 1.29 is 9.53 Å². The Kier molecular flexibility index (Phi) is 9.75. The van der Waals surface area contributed by atoms with E-state index >= 15 is 0 Å². The molecule has 0 unspecified atom stereocenters. The second-order valence-electron chi connectivity index (χ2n) is 5.42. The van der Waals surface area contributed by atoms with Crippen molar-refractivity contribution in [2.45, 2.75) is 20.3 Å². The number of rotatable bonds is 10. The van der Waals surface area contributed by atoms with Crippen LogP contribution in [0.15, 0.2) is 12.3 Å². The van der Waals surface area contributed by atoms with Crippen LogP contribution in [0.25, 0.3) is 0 Å². The number of ether oxygens (including phenoxy) is 1. The van der Waals surface area contributed by atoms with Gasteiger partial charge in [-0.2, -0.15) is 0 Å². The summed E-state index contributed by atoms with van der Waals surface area (Å²) in [6, 6.07) is 1.41. The maximum absolute atomic E-state index is 11.6. The predicted octanol–water partition coefficient (Wildman–Crippen LogP) is 3.16. The lowest BCUT2D eigenvalue weighted by Crippen LogP contribution is -2.38. The first-order valence-corrected chi connectivity index (χ1v) is 8.39. The van der Waals surface area contributed by atoms with Crippen LogP contribution in [-0.2, 0) is 4.74 Å². The fraction of sp³-hybridized carbons (Fsp3) is 0.600. The number of hydrogen-bond donors (Lipinski definition) is 3. The number of halogens is 2. The molecule has 0 fully saturated rings. The third-order valence-corrected chi connectivity index (χ3v) is 3.21. The highest BCUT2D eigenvalue weighted by atomic mass is 35.5. The zero-order chi connectivity index (χ0) is 17.1. The maximum atomic E-state index is 11.6. The van der Waals surface area contributed by atoms with Gasteiger partial charge in [0.2, 0.25) is 0 Å². The summed E-state index contributed by atoms with van der Waals surface area (Å²) in [4.78, 5) is 15.6. The van der Waals surface area contributed by atoms with Crippen molar-refractivity contribution in [3.05, 3.63) is 22.3 Å². The zero-order valence-corrected chi connectivity index (χ0v) is 15.0. The smallest absolute Gasteiger partial charge is 0.314 e. The molecule has 23 heavy (non-hydrogen) atoms. The summed E-state index contributed by atoms with van der Waals surface area (Å²) in [5.41, 5.74) is 0. The van der Waals surface area contributed by atoms with Crippen molar-refractivity contribution >= 4 is 35.1 Å². The SMILES string of the molecule is CC(C)COCCCNC(=O)NCCNc1ncc(Cl)cc1Cl. The van der Waals surface area contributed by atoms with Gasteiger partial charge in [-0.25, -0.2) is 9.78 Å². The van der Waals surface area contributed by atoms with Crippen LogP contribution >= 0.6 is 23.2 Å². The van der Waals surface area contributed by atoms with Gasteiger partial charge in [0.05, 0.1) is 10.0 Å². The molecule has 1 heterocycles. The molecule has 0 spiro atoms. The molecule has 1 rings (SSSR count). The Labute approximate surface area is 147 Å². The first-order chi connectivity index (χ1) is 11.0. The van der Waals surface area contributed by atoms with E-state index < -0.39 is 0 Å². The molecule has 0 aliphatic rings. The van der Waals surface area contributed by atoms with Gasteiger partial charge >= 0.3 is 6.03 Å². The lowest BCUT2D eigenvalue weighted by Gasteiger charge is -2.10. The lowest BCUT2D eigenvalue weighted by atomic mass is 10.2. The van der Waals surface area contributed by atoms with Crippen LogP contribution in [0.5, 0.6) is 0 Å². The molecule has 130 valence electrons. The summed E-state index contributed by atoms with van der Waals surface area (Å²) in [5.74, 6) is 1.07. The van der Waals surface area contributed by atoms with Gasteiger partial charge in [0.15, 0.2) is 0 Å². The third-order valence-electron chi connectivity index (χ3n) is 2.71. The molecule has 6 nitrogen and oxygen atoms in total. The molecule has 3 N–H and O–H groups in total. The van der Waals surface area contributed by atoms with Crippen LogP contribution in [0, 0.1) is 5.92 Å². The van der Waals surface area contributed by atoms with Crippen LogP contribution in [0.1, 0.15) is 20.3 Å². The van der Waals surface area contributed by atoms with E-state index in [1.807, 2.05) is 0 Å². The highest BCUT2D eigenvalue weighted by molar-refractivity contribution is 6.35. The average molecular weight is 363 g/mol. The molecule has 1 aromatic heterocycles. The maximum Gasteiger partial charge on any atom is 0.314 e. The molecule has 0 radical (unpaired) electrons. The molecule has 1 aromatic rings. The van der Waals surface area contributed by atoms with Crippen molar-refractivity contribution in [2.75, 3.05) is 38.2 Å². The summed E-state index contributed by atoms with van der Waals surface area (Å²) in [6.07, 6.45) is 2.31. The van der Waals surface area contributed by atoms with Gasteiger partial charge in [0.1, 0.15) is 5.82 Å². The predicted molar refractivity (Wildman–Crippen MR) is 94.4 cm³/mol. The van der Waals surface area contributed by atoms with Crippen molar-refractivity contribution in [2.24, 2.45) is 5.92 Å². The van der Waals surface area contributed by atoms with Gasteiger partial charge in [0.25, 0.3) is 0 Å². The summed E-state index contributed by atoms with van der Waals surface area (Å²) < 4.78 is 5.43. The molecule has 0 saturated carbocycles. The number of pyridine rings is 1. The molecular weight excluding hydrogens is 339 g/mol. The minimum atomic E-state index is -0.203. The van der Waals surface area contributed by atoms with E-state index in [0.29, 0.717) is 48.0 Å². The quantitative estimate of drug-likeness (QED) is 0.558.